The molecule has 7 heteroatoms. The molecule has 1 aliphatic carbocycles. The number of hydrogen-bond donors (Lipinski definition) is 1. The Hall–Kier alpha value is -1.99. The van der Waals surface area contributed by atoms with Gasteiger partial charge in [-0.25, -0.2) is 9.37 Å². The van der Waals surface area contributed by atoms with E-state index in [2.05, 4.69) is 0 Å². The van der Waals surface area contributed by atoms with Gasteiger partial charge in [0.2, 0.25) is 5.91 Å². The molecule has 0 bridgehead atoms. The van der Waals surface area contributed by atoms with E-state index in [1.54, 1.807) is 23.5 Å². The third-order valence-electron chi connectivity index (χ3n) is 6.53. The lowest BCUT2D eigenvalue weighted by Gasteiger charge is -2.26. The lowest BCUT2D eigenvalue weighted by Crippen LogP contribution is -2.37. The summed E-state index contributed by atoms with van der Waals surface area (Å²) in [5, 5.41) is 12.1. The summed E-state index contributed by atoms with van der Waals surface area (Å²) < 4.78 is 18.7. The van der Waals surface area contributed by atoms with Crippen LogP contribution in [0, 0.1) is 18.7 Å². The predicted octanol–water partition coefficient (Wildman–Crippen LogP) is 4.60. The fourth-order valence-corrected chi connectivity index (χ4v) is 5.82. The summed E-state index contributed by atoms with van der Waals surface area (Å²) in [6, 6.07) is 6.00. The van der Waals surface area contributed by atoms with E-state index in [1.807, 2.05) is 11.8 Å². The summed E-state index contributed by atoms with van der Waals surface area (Å²) in [7, 11) is 0. The molecule has 0 radical (unpaired) electrons. The lowest BCUT2D eigenvalue weighted by molar-refractivity contribution is -0.135. The normalized spacial score (nSPS) is 22.5. The molecule has 2 aromatic rings. The SMILES string of the molecule is Cc1nc([C@]2(O)CCCN(C(=O)C3CCCC3)CC2)sc1CCOc1ccc(F)cc1. The van der Waals surface area contributed by atoms with Crippen LogP contribution in [-0.4, -0.2) is 40.6 Å². The van der Waals surface area contributed by atoms with E-state index in [0.717, 1.165) is 54.2 Å². The van der Waals surface area contributed by atoms with Crippen molar-refractivity contribution in [2.24, 2.45) is 5.92 Å². The van der Waals surface area contributed by atoms with Crippen molar-refractivity contribution in [1.29, 1.82) is 0 Å². The number of thiazole rings is 1. The van der Waals surface area contributed by atoms with Crippen LogP contribution in [0.1, 0.15) is 60.5 Å². The zero-order valence-electron chi connectivity index (χ0n) is 18.1. The Bertz CT molecular complexity index is 895. The Balaban J connectivity index is 1.36. The quantitative estimate of drug-likeness (QED) is 0.704. The number of aryl methyl sites for hydroxylation is 1. The van der Waals surface area contributed by atoms with Crippen LogP contribution >= 0.6 is 11.3 Å². The van der Waals surface area contributed by atoms with Gasteiger partial charge in [0, 0.05) is 36.7 Å². The van der Waals surface area contributed by atoms with E-state index in [9.17, 15) is 14.3 Å². The maximum absolute atomic E-state index is 13.0. The smallest absolute Gasteiger partial charge is 0.225 e. The van der Waals surface area contributed by atoms with Gasteiger partial charge in [-0.05, 0) is 56.9 Å². The average molecular weight is 447 g/mol. The molecule has 4 rings (SSSR count). The Morgan fingerprint density at radius 3 is 2.71 bits per heavy atom. The lowest BCUT2D eigenvalue weighted by atomic mass is 9.96. The van der Waals surface area contributed by atoms with E-state index in [0.29, 0.717) is 38.2 Å². The minimum atomic E-state index is -0.976. The van der Waals surface area contributed by atoms with Crippen LogP contribution in [-0.2, 0) is 16.8 Å². The first-order valence-electron chi connectivity index (χ1n) is 11.3. The van der Waals surface area contributed by atoms with Crippen molar-refractivity contribution >= 4 is 17.2 Å². The van der Waals surface area contributed by atoms with Gasteiger partial charge < -0.3 is 14.7 Å². The van der Waals surface area contributed by atoms with E-state index < -0.39 is 5.60 Å². The van der Waals surface area contributed by atoms with Gasteiger partial charge in [0.15, 0.2) is 0 Å². The van der Waals surface area contributed by atoms with Crippen molar-refractivity contribution < 1.29 is 19.0 Å². The molecule has 1 aliphatic heterocycles. The largest absolute Gasteiger partial charge is 0.493 e. The molecule has 0 unspecified atom stereocenters. The first-order chi connectivity index (χ1) is 14.9. The summed E-state index contributed by atoms with van der Waals surface area (Å²) in [5.74, 6) is 0.811. The zero-order valence-corrected chi connectivity index (χ0v) is 18.9. The number of amides is 1. The highest BCUT2D eigenvalue weighted by atomic mass is 32.1. The second-order valence-electron chi connectivity index (χ2n) is 8.77. The average Bonchev–Trinajstić information content (AvgIpc) is 3.37. The fraction of sp³-hybridized carbons (Fsp3) is 0.583. The minimum Gasteiger partial charge on any atom is -0.493 e. The monoisotopic (exact) mass is 446 g/mol. The molecule has 1 saturated heterocycles. The molecule has 2 fully saturated rings. The standard InChI is InChI=1S/C24H31FN2O3S/c1-17-21(11-16-30-20-9-7-19(25)8-10-20)31-23(26-17)24(29)12-4-14-27(15-13-24)22(28)18-5-2-3-6-18/h7-10,18,29H,2-6,11-16H2,1H3/t24-/m0/s1. The molecule has 1 N–H and O–H groups in total. The summed E-state index contributed by atoms with van der Waals surface area (Å²) >= 11 is 1.54. The van der Waals surface area contributed by atoms with Crippen molar-refractivity contribution in [3.63, 3.8) is 0 Å². The molecule has 1 aromatic carbocycles. The number of benzene rings is 1. The second-order valence-corrected chi connectivity index (χ2v) is 9.86. The molecular weight excluding hydrogens is 415 g/mol. The van der Waals surface area contributed by atoms with Gasteiger partial charge in [0.1, 0.15) is 22.2 Å². The molecule has 1 atom stereocenters. The molecular formula is C24H31FN2O3S. The zero-order chi connectivity index (χ0) is 21.8. The number of rotatable bonds is 6. The second kappa shape index (κ2) is 9.65. The van der Waals surface area contributed by atoms with Crippen LogP contribution in [0.15, 0.2) is 24.3 Å². The van der Waals surface area contributed by atoms with Gasteiger partial charge >= 0.3 is 0 Å². The summed E-state index contributed by atoms with van der Waals surface area (Å²) in [4.78, 5) is 20.6. The van der Waals surface area contributed by atoms with E-state index in [1.165, 1.54) is 12.1 Å². The van der Waals surface area contributed by atoms with E-state index >= 15 is 0 Å². The number of aromatic nitrogens is 1. The Morgan fingerprint density at radius 1 is 1.23 bits per heavy atom. The first kappa shape index (κ1) is 22.2. The maximum Gasteiger partial charge on any atom is 0.225 e. The van der Waals surface area contributed by atoms with Gasteiger partial charge in [-0.2, -0.15) is 0 Å². The van der Waals surface area contributed by atoms with E-state index in [4.69, 9.17) is 9.72 Å². The van der Waals surface area contributed by atoms with Crippen molar-refractivity contribution in [3.8, 4) is 5.75 Å². The molecule has 1 saturated carbocycles. The highest BCUT2D eigenvalue weighted by Crippen LogP contribution is 2.37. The molecule has 2 aliphatic rings. The van der Waals surface area contributed by atoms with Crippen molar-refractivity contribution in [3.05, 3.63) is 45.7 Å². The number of halogens is 1. The fourth-order valence-electron chi connectivity index (χ4n) is 4.64. The molecule has 0 spiro atoms. The van der Waals surface area contributed by atoms with E-state index in [-0.39, 0.29) is 17.6 Å². The van der Waals surface area contributed by atoms with Crippen LogP contribution in [0.2, 0.25) is 0 Å². The highest BCUT2D eigenvalue weighted by Gasteiger charge is 2.37. The van der Waals surface area contributed by atoms with Crippen LogP contribution in [0.5, 0.6) is 5.75 Å². The predicted molar refractivity (Wildman–Crippen MR) is 119 cm³/mol. The molecule has 1 amide bonds. The van der Waals surface area contributed by atoms with Gasteiger partial charge in [-0.15, -0.1) is 11.3 Å². The minimum absolute atomic E-state index is 0.181. The number of ether oxygens (including phenoxy) is 1. The number of aliphatic hydroxyl groups is 1. The Kier molecular flexibility index (Phi) is 6.92. The number of likely N-dealkylation sites (tertiary alicyclic amines) is 1. The maximum atomic E-state index is 13.0. The number of carbonyl (C=O) groups is 1. The number of hydrogen-bond acceptors (Lipinski definition) is 5. The van der Waals surface area contributed by atoms with Gasteiger partial charge in [-0.3, -0.25) is 4.79 Å². The molecule has 5 nitrogen and oxygen atoms in total. The summed E-state index contributed by atoms with van der Waals surface area (Å²) in [6.45, 7) is 3.74. The summed E-state index contributed by atoms with van der Waals surface area (Å²) in [5.41, 5.74) is -0.0600. The topological polar surface area (TPSA) is 62.7 Å². The first-order valence-corrected chi connectivity index (χ1v) is 12.1. The number of carbonyl (C=O) groups excluding carboxylic acids is 1. The van der Waals surface area contributed by atoms with Crippen molar-refractivity contribution in [2.75, 3.05) is 19.7 Å². The van der Waals surface area contributed by atoms with Gasteiger partial charge in [0.05, 0.1) is 12.3 Å². The highest BCUT2D eigenvalue weighted by molar-refractivity contribution is 7.11. The molecule has 2 heterocycles. The Labute approximate surface area is 187 Å². The Morgan fingerprint density at radius 2 is 1.97 bits per heavy atom. The van der Waals surface area contributed by atoms with Gasteiger partial charge in [0.25, 0.3) is 0 Å². The van der Waals surface area contributed by atoms with Gasteiger partial charge in [-0.1, -0.05) is 12.8 Å². The third kappa shape index (κ3) is 5.26. The van der Waals surface area contributed by atoms with Crippen molar-refractivity contribution in [1.82, 2.24) is 9.88 Å². The molecule has 1 aromatic heterocycles. The number of nitrogens with zero attached hydrogens (tertiary/aromatic N) is 2. The molecule has 168 valence electrons. The van der Waals surface area contributed by atoms with Crippen LogP contribution in [0.4, 0.5) is 4.39 Å². The van der Waals surface area contributed by atoms with Crippen LogP contribution in [0.3, 0.4) is 0 Å². The van der Waals surface area contributed by atoms with Crippen LogP contribution in [0.25, 0.3) is 0 Å². The third-order valence-corrected chi connectivity index (χ3v) is 7.94. The summed E-state index contributed by atoms with van der Waals surface area (Å²) in [6.07, 6.45) is 6.95. The molecule has 31 heavy (non-hydrogen) atoms. The van der Waals surface area contributed by atoms with Crippen molar-refractivity contribution in [2.45, 2.75) is 63.9 Å². The van der Waals surface area contributed by atoms with Crippen LogP contribution < -0.4 is 4.74 Å².